The number of nitrogens with zero attached hydrogens (tertiary/aromatic N) is 2. The third kappa shape index (κ3) is 10.0. The Morgan fingerprint density at radius 3 is 1.44 bits per heavy atom. The van der Waals surface area contributed by atoms with Crippen molar-refractivity contribution < 1.29 is 0 Å². The molecule has 0 aromatic carbocycles. The van der Waals surface area contributed by atoms with Crippen molar-refractivity contribution in [1.82, 2.24) is 10.2 Å². The average Bonchev–Trinajstić information content (AvgIpc) is 2.93. The van der Waals surface area contributed by atoms with E-state index < -0.39 is 0 Å². The summed E-state index contributed by atoms with van der Waals surface area (Å²) in [6.07, 6.45) is 12.7. The fourth-order valence-electron chi connectivity index (χ4n) is 3.02. The van der Waals surface area contributed by atoms with E-state index in [1.807, 2.05) is 0 Å². The fraction of sp³-hybridized carbons (Fsp3) is 0.900. The maximum Gasteiger partial charge on any atom is 0.207 e. The second kappa shape index (κ2) is 11.0. The summed E-state index contributed by atoms with van der Waals surface area (Å²) < 4.78 is 0. The third-order valence-electron chi connectivity index (χ3n) is 4.63. The molecule has 0 aliphatic carbocycles. The molecule has 1 rings (SSSR count). The molecule has 0 saturated carbocycles. The van der Waals surface area contributed by atoms with E-state index in [1.54, 1.807) is 11.3 Å². The smallest absolute Gasteiger partial charge is 0.207 e. The second-order valence-electron chi connectivity index (χ2n) is 8.55. The van der Waals surface area contributed by atoms with Gasteiger partial charge in [-0.3, -0.25) is 0 Å². The minimum absolute atomic E-state index is 0.0697. The van der Waals surface area contributed by atoms with Gasteiger partial charge < -0.3 is 10.6 Å². The Bertz CT molecular complexity index is 428. The van der Waals surface area contributed by atoms with Crippen LogP contribution in [0, 0.1) is 0 Å². The number of anilines is 2. The molecule has 0 fully saturated rings. The predicted octanol–water partition coefficient (Wildman–Crippen LogP) is 6.86. The normalized spacial score (nSPS) is 12.4. The van der Waals surface area contributed by atoms with Crippen LogP contribution in [0.5, 0.6) is 0 Å². The van der Waals surface area contributed by atoms with Crippen LogP contribution in [-0.2, 0) is 0 Å². The highest BCUT2D eigenvalue weighted by Gasteiger charge is 2.22. The molecule has 2 N–H and O–H groups in total. The molecule has 4 nitrogen and oxygen atoms in total. The van der Waals surface area contributed by atoms with Gasteiger partial charge in [0, 0.05) is 11.1 Å². The van der Waals surface area contributed by atoms with E-state index in [-0.39, 0.29) is 11.1 Å². The lowest BCUT2D eigenvalue weighted by Crippen LogP contribution is -2.30. The zero-order valence-corrected chi connectivity index (χ0v) is 18.2. The van der Waals surface area contributed by atoms with Gasteiger partial charge in [-0.15, -0.1) is 10.2 Å². The van der Waals surface area contributed by atoms with Gasteiger partial charge in [0.25, 0.3) is 0 Å². The zero-order chi connectivity index (χ0) is 18.8. The van der Waals surface area contributed by atoms with Crippen LogP contribution in [0.15, 0.2) is 0 Å². The van der Waals surface area contributed by atoms with Gasteiger partial charge in [0.1, 0.15) is 0 Å². The minimum Gasteiger partial charge on any atom is -0.355 e. The van der Waals surface area contributed by atoms with E-state index in [4.69, 9.17) is 0 Å². The van der Waals surface area contributed by atoms with Crippen molar-refractivity contribution in [1.29, 1.82) is 0 Å². The molecule has 0 radical (unpaired) electrons. The van der Waals surface area contributed by atoms with Crippen LogP contribution >= 0.6 is 11.3 Å². The standard InChI is InChI=1S/C20H40N4S/c1-7-9-11-13-15-19(3,4)21-17-23-24-18(25-17)22-20(5,6)16-14-12-10-8-2/h7-16H2,1-6H3,(H,21,23)(H,22,24). The Labute approximate surface area is 159 Å². The summed E-state index contributed by atoms with van der Waals surface area (Å²) in [5.41, 5.74) is 0.139. The molecule has 146 valence electrons. The van der Waals surface area contributed by atoms with E-state index in [0.29, 0.717) is 0 Å². The van der Waals surface area contributed by atoms with Crippen molar-refractivity contribution in [3.8, 4) is 0 Å². The molecule has 5 heteroatoms. The lowest BCUT2D eigenvalue weighted by Gasteiger charge is -2.26. The van der Waals surface area contributed by atoms with Crippen LogP contribution in [0.3, 0.4) is 0 Å². The van der Waals surface area contributed by atoms with Crippen molar-refractivity contribution in [3.63, 3.8) is 0 Å². The fourth-order valence-corrected chi connectivity index (χ4v) is 4.02. The maximum atomic E-state index is 4.33. The number of aromatic nitrogens is 2. The number of hydrogen-bond acceptors (Lipinski definition) is 5. The summed E-state index contributed by atoms with van der Waals surface area (Å²) >= 11 is 1.63. The molecule has 0 unspecified atom stereocenters. The minimum atomic E-state index is 0.0697. The van der Waals surface area contributed by atoms with Crippen LogP contribution < -0.4 is 10.6 Å². The molecule has 25 heavy (non-hydrogen) atoms. The molecule has 0 aliphatic rings. The number of nitrogens with one attached hydrogen (secondary N) is 2. The van der Waals surface area contributed by atoms with Gasteiger partial charge in [0.05, 0.1) is 0 Å². The summed E-state index contributed by atoms with van der Waals surface area (Å²) in [6.45, 7) is 13.5. The largest absolute Gasteiger partial charge is 0.355 e. The zero-order valence-electron chi connectivity index (χ0n) is 17.4. The van der Waals surface area contributed by atoms with Crippen molar-refractivity contribution >= 4 is 21.6 Å². The molecule has 1 aromatic heterocycles. The first kappa shape index (κ1) is 22.2. The monoisotopic (exact) mass is 368 g/mol. The van der Waals surface area contributed by atoms with E-state index >= 15 is 0 Å². The van der Waals surface area contributed by atoms with E-state index in [9.17, 15) is 0 Å². The lowest BCUT2D eigenvalue weighted by atomic mass is 9.97. The molecular formula is C20H40N4S. The van der Waals surface area contributed by atoms with Gasteiger partial charge >= 0.3 is 0 Å². The van der Waals surface area contributed by atoms with E-state index in [1.165, 1.54) is 51.4 Å². The van der Waals surface area contributed by atoms with Crippen LogP contribution in [0.4, 0.5) is 10.3 Å². The Morgan fingerprint density at radius 1 is 0.680 bits per heavy atom. The topological polar surface area (TPSA) is 49.8 Å². The summed E-state index contributed by atoms with van der Waals surface area (Å²) in [5, 5.41) is 17.6. The number of rotatable bonds is 14. The number of unbranched alkanes of at least 4 members (excludes halogenated alkanes) is 6. The van der Waals surface area contributed by atoms with Crippen LogP contribution in [0.25, 0.3) is 0 Å². The first-order chi connectivity index (χ1) is 11.8. The van der Waals surface area contributed by atoms with Crippen LogP contribution in [0.2, 0.25) is 0 Å². The Hall–Kier alpha value is -0.840. The molecular weight excluding hydrogens is 328 g/mol. The first-order valence-electron chi connectivity index (χ1n) is 10.2. The highest BCUT2D eigenvalue weighted by Crippen LogP contribution is 2.29. The van der Waals surface area contributed by atoms with Gasteiger partial charge in [0.2, 0.25) is 10.3 Å². The molecule has 0 amide bonds. The molecule has 0 bridgehead atoms. The Kier molecular flexibility index (Phi) is 9.77. The Morgan fingerprint density at radius 2 is 1.08 bits per heavy atom. The van der Waals surface area contributed by atoms with Crippen LogP contribution in [0.1, 0.15) is 106 Å². The van der Waals surface area contributed by atoms with E-state index in [2.05, 4.69) is 62.4 Å². The van der Waals surface area contributed by atoms with Gasteiger partial charge in [-0.25, -0.2) is 0 Å². The predicted molar refractivity (Wildman–Crippen MR) is 113 cm³/mol. The van der Waals surface area contributed by atoms with Gasteiger partial charge in [-0.2, -0.15) is 0 Å². The lowest BCUT2D eigenvalue weighted by molar-refractivity contribution is 0.476. The molecule has 0 spiro atoms. The molecule has 1 aromatic rings. The number of hydrogen-bond donors (Lipinski definition) is 2. The van der Waals surface area contributed by atoms with Crippen molar-refractivity contribution in [2.24, 2.45) is 0 Å². The average molecular weight is 369 g/mol. The SMILES string of the molecule is CCCCCCC(C)(C)Nc1nnc(NC(C)(C)CCCCCC)s1. The molecule has 1 heterocycles. The van der Waals surface area contributed by atoms with Gasteiger partial charge in [0.15, 0.2) is 0 Å². The highest BCUT2D eigenvalue weighted by molar-refractivity contribution is 7.19. The van der Waals surface area contributed by atoms with Gasteiger partial charge in [-0.1, -0.05) is 76.6 Å². The first-order valence-corrected chi connectivity index (χ1v) is 11.0. The van der Waals surface area contributed by atoms with Crippen molar-refractivity contribution in [3.05, 3.63) is 0 Å². The quantitative estimate of drug-likeness (QED) is 0.352. The molecule has 0 atom stereocenters. The second-order valence-corrected chi connectivity index (χ2v) is 9.53. The summed E-state index contributed by atoms with van der Waals surface area (Å²) in [6, 6.07) is 0. The molecule has 0 saturated heterocycles. The summed E-state index contributed by atoms with van der Waals surface area (Å²) in [4.78, 5) is 0. The molecule has 0 aliphatic heterocycles. The summed E-state index contributed by atoms with van der Waals surface area (Å²) in [5.74, 6) is 0. The van der Waals surface area contributed by atoms with Gasteiger partial charge in [-0.05, 0) is 40.5 Å². The van der Waals surface area contributed by atoms with Crippen LogP contribution in [-0.4, -0.2) is 21.3 Å². The third-order valence-corrected chi connectivity index (χ3v) is 5.38. The Balaban J connectivity index is 2.44. The highest BCUT2D eigenvalue weighted by atomic mass is 32.1. The van der Waals surface area contributed by atoms with Crippen molar-refractivity contribution in [2.45, 2.75) is 117 Å². The van der Waals surface area contributed by atoms with E-state index in [0.717, 1.165) is 23.1 Å². The maximum absolute atomic E-state index is 4.33. The van der Waals surface area contributed by atoms with Crippen molar-refractivity contribution in [2.75, 3.05) is 10.6 Å². The summed E-state index contributed by atoms with van der Waals surface area (Å²) in [7, 11) is 0.